The summed E-state index contributed by atoms with van der Waals surface area (Å²) < 4.78 is 1.55. The largest absolute Gasteiger partial charge is 1.00 e. The van der Waals surface area contributed by atoms with E-state index in [9.17, 15) is 0 Å². The molecule has 0 radical (unpaired) electrons. The summed E-state index contributed by atoms with van der Waals surface area (Å²) in [4.78, 5) is 0. The molecule has 0 aliphatic carbocycles. The maximum atomic E-state index is 2.23. The van der Waals surface area contributed by atoms with Gasteiger partial charge in [-0.25, -0.2) is 0 Å². The van der Waals surface area contributed by atoms with Gasteiger partial charge in [0.1, 0.15) is 0 Å². The molecular weight excluding hydrogens is 249 g/mol. The van der Waals surface area contributed by atoms with Crippen molar-refractivity contribution < 1.29 is 35.3 Å². The Hall–Kier alpha value is 0.933. The van der Waals surface area contributed by atoms with Crippen LogP contribution in [-0.4, -0.2) is 5.75 Å². The van der Waals surface area contributed by atoms with Gasteiger partial charge in [0.15, 0.2) is 0 Å². The smallest absolute Gasteiger partial charge is 1.00 e. The Morgan fingerprint density at radius 1 is 1.56 bits per heavy atom. The number of hydrogen-bond acceptors (Lipinski definition) is 1. The minimum Gasteiger partial charge on any atom is -1.00 e. The van der Waals surface area contributed by atoms with E-state index in [1.54, 1.807) is 3.50 Å². The summed E-state index contributed by atoms with van der Waals surface area (Å²) in [7, 11) is 0. The molecule has 0 spiro atoms. The van der Waals surface area contributed by atoms with Gasteiger partial charge in [-0.05, 0) is 0 Å². The molecule has 0 aromatic rings. The van der Waals surface area contributed by atoms with Crippen molar-refractivity contribution in [2.24, 2.45) is 0 Å². The second kappa shape index (κ2) is 4.70. The first-order valence-corrected chi connectivity index (χ1v) is 5.08. The molecule has 0 amide bonds. The van der Waals surface area contributed by atoms with Crippen molar-refractivity contribution in [3.8, 4) is 0 Å². The predicted molar refractivity (Wildman–Crippen MR) is 34.3 cm³/mol. The molecule has 0 nitrogen and oxygen atoms in total. The molecule has 0 bridgehead atoms. The van der Waals surface area contributed by atoms with Gasteiger partial charge in [-0.15, -0.1) is 0 Å². The summed E-state index contributed by atoms with van der Waals surface area (Å²) >= 11 is 3.29. The van der Waals surface area contributed by atoms with Crippen molar-refractivity contribution in [3.05, 3.63) is 21.2 Å². The van der Waals surface area contributed by atoms with E-state index < -0.39 is 0 Å². The van der Waals surface area contributed by atoms with E-state index in [1.807, 2.05) is 11.8 Å². The van der Waals surface area contributed by atoms with Crippen LogP contribution in [0.25, 0.3) is 0 Å². The molecule has 0 atom stereocenters. The van der Waals surface area contributed by atoms with Crippen LogP contribution in [0.4, 0.5) is 0 Å². The molecule has 0 fully saturated rings. The van der Waals surface area contributed by atoms with Crippen molar-refractivity contribution in [1.29, 1.82) is 0 Å². The second-order valence-corrected chi connectivity index (χ2v) is 5.71. The van der Waals surface area contributed by atoms with E-state index in [1.165, 1.54) is 29.6 Å². The van der Waals surface area contributed by atoms with Crippen LogP contribution in [0.1, 0.15) is 6.92 Å². The van der Waals surface area contributed by atoms with E-state index >= 15 is 0 Å². The van der Waals surface area contributed by atoms with Gasteiger partial charge < -0.3 is 17.0 Å². The molecule has 46 valence electrons. The zero-order valence-corrected chi connectivity index (χ0v) is 10.7. The van der Waals surface area contributed by atoms with Crippen LogP contribution < -0.4 is 17.0 Å². The Bertz CT molecular complexity index is 133. The third kappa shape index (κ3) is 3.59. The first kappa shape index (κ1) is 9.93. The van der Waals surface area contributed by atoms with E-state index in [-0.39, 0.29) is 17.0 Å². The molecule has 3 heteroatoms. The number of allylic oxidation sites excluding steroid dienone is 2. The number of thioether (sulfide) groups is 1. The Balaban J connectivity index is 0.000000640. The van der Waals surface area contributed by atoms with Gasteiger partial charge in [-0.2, -0.15) is 0 Å². The Labute approximate surface area is 80.6 Å². The zero-order chi connectivity index (χ0) is 5.98. The zero-order valence-electron chi connectivity index (χ0n) is 5.36. The number of halogens is 1. The quantitative estimate of drug-likeness (QED) is 0.505. The van der Waals surface area contributed by atoms with Crippen LogP contribution in [0.2, 0.25) is 0 Å². The minimum absolute atomic E-state index is 0. The van der Waals surface area contributed by atoms with Crippen molar-refractivity contribution in [2.75, 3.05) is 5.75 Å². The van der Waals surface area contributed by atoms with Crippen LogP contribution in [0.3, 0.4) is 0 Å². The average Bonchev–Trinajstić information content (AvgIpc) is 1.77. The maximum Gasteiger partial charge on any atom is -1.00 e. The van der Waals surface area contributed by atoms with Gasteiger partial charge in [-0.1, -0.05) is 0 Å². The monoisotopic (exact) mass is 254 g/mol. The molecule has 0 aromatic heterocycles. The number of hydrogen-bond donors (Lipinski definition) is 0. The van der Waals surface area contributed by atoms with E-state index in [0.717, 1.165) is 0 Å². The molecule has 1 heterocycles. The van der Waals surface area contributed by atoms with Gasteiger partial charge in [0.2, 0.25) is 0 Å². The van der Waals surface area contributed by atoms with Crippen LogP contribution in [0.15, 0.2) is 21.2 Å². The van der Waals surface area contributed by atoms with Gasteiger partial charge in [-0.3, -0.25) is 0 Å². The molecule has 0 unspecified atom stereocenters. The van der Waals surface area contributed by atoms with Crippen LogP contribution in [0, 0.1) is 0 Å². The molecular formula is C6H7BrSZn. The van der Waals surface area contributed by atoms with E-state index in [2.05, 4.69) is 19.1 Å². The molecule has 1 rings (SSSR count). The molecule has 1 aliphatic heterocycles. The van der Waals surface area contributed by atoms with E-state index in [0.29, 0.717) is 0 Å². The Morgan fingerprint density at radius 2 is 2.22 bits per heavy atom. The summed E-state index contributed by atoms with van der Waals surface area (Å²) in [6.45, 7) is 2.18. The van der Waals surface area contributed by atoms with Crippen LogP contribution in [0.5, 0.6) is 0 Å². The summed E-state index contributed by atoms with van der Waals surface area (Å²) in [6.07, 6.45) is 4.44. The molecule has 0 saturated carbocycles. The minimum atomic E-state index is 0. The third-order valence-electron chi connectivity index (χ3n) is 1.04. The molecule has 9 heavy (non-hydrogen) atoms. The SMILES string of the molecule is CC1=CC=[C]([Zn+])SC1.[Br-]. The first-order valence-electron chi connectivity index (χ1n) is 2.61. The summed E-state index contributed by atoms with van der Waals surface area (Å²) in [5.74, 6) is 1.21. The molecule has 0 saturated heterocycles. The van der Waals surface area contributed by atoms with Gasteiger partial charge in [0, 0.05) is 0 Å². The van der Waals surface area contributed by atoms with Gasteiger partial charge in [0.25, 0.3) is 0 Å². The number of rotatable bonds is 0. The summed E-state index contributed by atoms with van der Waals surface area (Å²) in [5.41, 5.74) is 1.49. The fourth-order valence-corrected chi connectivity index (χ4v) is 2.10. The first-order chi connectivity index (χ1) is 3.79. The molecule has 1 aliphatic rings. The van der Waals surface area contributed by atoms with Crippen molar-refractivity contribution >= 4 is 11.8 Å². The summed E-state index contributed by atoms with van der Waals surface area (Å²) in [5, 5.41) is 0. The second-order valence-electron chi connectivity index (χ2n) is 1.93. The normalized spacial score (nSPS) is 17.7. The maximum absolute atomic E-state index is 2.23. The summed E-state index contributed by atoms with van der Waals surface area (Å²) in [6, 6.07) is 0. The van der Waals surface area contributed by atoms with Crippen molar-refractivity contribution in [2.45, 2.75) is 6.92 Å². The fourth-order valence-electron chi connectivity index (χ4n) is 0.538. The van der Waals surface area contributed by atoms with Crippen LogP contribution in [-0.2, 0) is 18.3 Å². The van der Waals surface area contributed by atoms with Gasteiger partial charge >= 0.3 is 64.0 Å². The van der Waals surface area contributed by atoms with Gasteiger partial charge in [0.05, 0.1) is 0 Å². The standard InChI is InChI=1S/C6H7S.BrH.Zn/c1-6-3-2-4-7-5-6;;/h2-3H,5H2,1H3;1H;/q;;+1/p-1. The van der Waals surface area contributed by atoms with Crippen molar-refractivity contribution in [3.63, 3.8) is 0 Å². The third-order valence-corrected chi connectivity index (χ3v) is 3.92. The molecule has 0 aromatic carbocycles. The Morgan fingerprint density at radius 3 is 2.56 bits per heavy atom. The topological polar surface area (TPSA) is 0 Å². The average molecular weight is 256 g/mol. The molecule has 0 N–H and O–H groups in total. The fraction of sp³-hybridized carbons (Fsp3) is 0.333. The van der Waals surface area contributed by atoms with Crippen LogP contribution >= 0.6 is 11.8 Å². The van der Waals surface area contributed by atoms with E-state index in [4.69, 9.17) is 0 Å². The Kier molecular flexibility index (Phi) is 5.19. The van der Waals surface area contributed by atoms with Crippen molar-refractivity contribution in [1.82, 2.24) is 0 Å². The predicted octanol–water partition coefficient (Wildman–Crippen LogP) is -0.928.